The summed E-state index contributed by atoms with van der Waals surface area (Å²) >= 11 is 0. The van der Waals surface area contributed by atoms with E-state index in [0.29, 0.717) is 0 Å². The van der Waals surface area contributed by atoms with Gasteiger partial charge in [-0.1, -0.05) is 0 Å². The van der Waals surface area contributed by atoms with Crippen molar-refractivity contribution in [1.82, 2.24) is 13.5 Å². The third-order valence-electron chi connectivity index (χ3n) is 1.39. The van der Waals surface area contributed by atoms with Crippen LogP contribution in [0.2, 0.25) is 0 Å². The summed E-state index contributed by atoms with van der Waals surface area (Å²) in [6.07, 6.45) is 2.36. The first-order valence-corrected chi connectivity index (χ1v) is 4.76. The Morgan fingerprint density at radius 1 is 1.62 bits per heavy atom. The van der Waals surface area contributed by atoms with Crippen LogP contribution in [0, 0.1) is 11.3 Å². The molecule has 0 amide bonds. The van der Waals surface area contributed by atoms with Crippen molar-refractivity contribution >= 4 is 10.2 Å². The van der Waals surface area contributed by atoms with Gasteiger partial charge in [-0.15, -0.1) is 0 Å². The highest BCUT2D eigenvalue weighted by Crippen LogP contribution is 2.01. The van der Waals surface area contributed by atoms with Gasteiger partial charge in [-0.05, 0) is 0 Å². The minimum Gasteiger partial charge on any atom is -0.192 e. The minimum atomic E-state index is -3.58. The van der Waals surface area contributed by atoms with Crippen LogP contribution in [0.3, 0.4) is 0 Å². The second-order valence-corrected chi connectivity index (χ2v) is 4.50. The van der Waals surface area contributed by atoms with Crippen LogP contribution in [-0.4, -0.2) is 36.0 Å². The second kappa shape index (κ2) is 3.16. The summed E-state index contributed by atoms with van der Waals surface area (Å²) in [5, 5.41) is 12.0. The molecule has 0 bridgehead atoms. The van der Waals surface area contributed by atoms with Crippen molar-refractivity contribution < 1.29 is 8.42 Å². The van der Waals surface area contributed by atoms with E-state index in [-0.39, 0.29) is 5.56 Å². The normalized spacial score (nSPS) is 11.5. The van der Waals surface area contributed by atoms with Crippen molar-refractivity contribution in [3.05, 3.63) is 18.0 Å². The largest absolute Gasteiger partial charge is 0.322 e. The Labute approximate surface area is 76.2 Å². The van der Waals surface area contributed by atoms with Gasteiger partial charge in [0.1, 0.15) is 6.07 Å². The number of rotatable bonds is 2. The summed E-state index contributed by atoms with van der Waals surface area (Å²) in [6.45, 7) is 0. The minimum absolute atomic E-state index is 0.213. The molecule has 0 atom stereocenters. The fourth-order valence-electron chi connectivity index (χ4n) is 0.656. The molecule has 1 aromatic heterocycles. The van der Waals surface area contributed by atoms with Crippen LogP contribution < -0.4 is 0 Å². The van der Waals surface area contributed by atoms with Gasteiger partial charge in [0, 0.05) is 14.1 Å². The molecular formula is C6H8N4O2S. The van der Waals surface area contributed by atoms with Gasteiger partial charge in [0.25, 0.3) is 0 Å². The van der Waals surface area contributed by atoms with E-state index in [9.17, 15) is 8.42 Å². The van der Waals surface area contributed by atoms with Crippen molar-refractivity contribution in [3.8, 4) is 6.07 Å². The first-order valence-electron chi connectivity index (χ1n) is 3.36. The SMILES string of the molecule is CN(C)S(=O)(=O)n1cc(C#N)cn1. The average molecular weight is 200 g/mol. The summed E-state index contributed by atoms with van der Waals surface area (Å²) in [7, 11) is -0.795. The van der Waals surface area contributed by atoms with E-state index in [1.54, 1.807) is 6.07 Å². The first-order chi connectivity index (χ1) is 5.98. The zero-order chi connectivity index (χ0) is 10.1. The molecule has 0 aliphatic carbocycles. The third-order valence-corrected chi connectivity index (χ3v) is 2.98. The van der Waals surface area contributed by atoms with Crippen molar-refractivity contribution in [2.45, 2.75) is 0 Å². The van der Waals surface area contributed by atoms with Crippen LogP contribution in [0.15, 0.2) is 12.4 Å². The topological polar surface area (TPSA) is 79.0 Å². The molecule has 0 fully saturated rings. The molecule has 6 nitrogen and oxygen atoms in total. The molecule has 0 N–H and O–H groups in total. The Balaban J connectivity index is 3.18. The van der Waals surface area contributed by atoms with Crippen molar-refractivity contribution in [2.75, 3.05) is 14.1 Å². The van der Waals surface area contributed by atoms with E-state index in [0.717, 1.165) is 14.6 Å². The van der Waals surface area contributed by atoms with E-state index in [1.165, 1.54) is 20.3 Å². The number of nitriles is 1. The van der Waals surface area contributed by atoms with Gasteiger partial charge >= 0.3 is 10.2 Å². The molecule has 1 rings (SSSR count). The molecule has 0 aliphatic heterocycles. The average Bonchev–Trinajstić information content (AvgIpc) is 2.51. The fourth-order valence-corrected chi connectivity index (χ4v) is 1.40. The summed E-state index contributed by atoms with van der Waals surface area (Å²) in [5.41, 5.74) is 0.213. The Morgan fingerprint density at radius 2 is 2.23 bits per heavy atom. The third kappa shape index (κ3) is 1.68. The molecule has 0 spiro atoms. The fraction of sp³-hybridized carbons (Fsp3) is 0.333. The van der Waals surface area contributed by atoms with Crippen molar-refractivity contribution in [3.63, 3.8) is 0 Å². The number of hydrogen-bond acceptors (Lipinski definition) is 4. The maximum atomic E-state index is 11.4. The predicted molar refractivity (Wildman–Crippen MR) is 44.9 cm³/mol. The highest BCUT2D eigenvalue weighted by molar-refractivity contribution is 7.87. The van der Waals surface area contributed by atoms with Crippen molar-refractivity contribution in [1.29, 1.82) is 5.26 Å². The number of nitrogens with zero attached hydrogens (tertiary/aromatic N) is 4. The highest BCUT2D eigenvalue weighted by Gasteiger charge is 2.16. The van der Waals surface area contributed by atoms with Gasteiger partial charge in [0.2, 0.25) is 0 Å². The number of aromatic nitrogens is 2. The lowest BCUT2D eigenvalue weighted by molar-refractivity contribution is 0.504. The van der Waals surface area contributed by atoms with Crippen LogP contribution in [0.25, 0.3) is 0 Å². The molecule has 0 saturated carbocycles. The number of hydrogen-bond donors (Lipinski definition) is 0. The van der Waals surface area contributed by atoms with Gasteiger partial charge in [0.05, 0.1) is 18.0 Å². The molecule has 13 heavy (non-hydrogen) atoms. The zero-order valence-corrected chi connectivity index (χ0v) is 7.98. The Morgan fingerprint density at radius 3 is 2.62 bits per heavy atom. The molecule has 1 heterocycles. The van der Waals surface area contributed by atoms with Crippen LogP contribution in [-0.2, 0) is 10.2 Å². The summed E-state index contributed by atoms with van der Waals surface area (Å²) in [5.74, 6) is 0. The van der Waals surface area contributed by atoms with Crippen LogP contribution in [0.1, 0.15) is 5.56 Å². The molecular weight excluding hydrogens is 192 g/mol. The van der Waals surface area contributed by atoms with E-state index in [2.05, 4.69) is 5.10 Å². The van der Waals surface area contributed by atoms with Gasteiger partial charge in [-0.3, -0.25) is 0 Å². The molecule has 0 aromatic carbocycles. The van der Waals surface area contributed by atoms with Gasteiger partial charge in [-0.25, -0.2) is 0 Å². The van der Waals surface area contributed by atoms with E-state index >= 15 is 0 Å². The second-order valence-electron chi connectivity index (χ2n) is 2.50. The lowest BCUT2D eigenvalue weighted by Gasteiger charge is -2.09. The molecule has 0 unspecified atom stereocenters. The smallest absolute Gasteiger partial charge is 0.192 e. The van der Waals surface area contributed by atoms with Gasteiger partial charge < -0.3 is 0 Å². The van der Waals surface area contributed by atoms with Gasteiger partial charge in [-0.2, -0.15) is 27.2 Å². The lowest BCUT2D eigenvalue weighted by atomic mass is 10.4. The molecule has 0 saturated heterocycles. The molecule has 7 heteroatoms. The van der Waals surface area contributed by atoms with E-state index in [4.69, 9.17) is 5.26 Å². The van der Waals surface area contributed by atoms with Crippen LogP contribution in [0.5, 0.6) is 0 Å². The lowest BCUT2D eigenvalue weighted by Crippen LogP contribution is -2.29. The first kappa shape index (κ1) is 9.70. The Hall–Kier alpha value is -1.39. The molecule has 0 radical (unpaired) electrons. The highest BCUT2D eigenvalue weighted by atomic mass is 32.2. The monoisotopic (exact) mass is 200 g/mol. The molecule has 0 aliphatic rings. The standard InChI is InChI=1S/C6H8N4O2S/c1-9(2)13(11,12)10-5-6(3-7)4-8-10/h4-5H,1-2H3. The molecule has 1 aromatic rings. The summed E-state index contributed by atoms with van der Waals surface area (Å²) in [4.78, 5) is 0. The zero-order valence-electron chi connectivity index (χ0n) is 7.17. The quantitative estimate of drug-likeness (QED) is 0.639. The maximum absolute atomic E-state index is 11.4. The van der Waals surface area contributed by atoms with E-state index in [1.807, 2.05) is 0 Å². The van der Waals surface area contributed by atoms with Crippen LogP contribution in [0.4, 0.5) is 0 Å². The maximum Gasteiger partial charge on any atom is 0.322 e. The Bertz CT molecular complexity index is 439. The summed E-state index contributed by atoms with van der Waals surface area (Å²) < 4.78 is 24.5. The summed E-state index contributed by atoms with van der Waals surface area (Å²) in [6, 6.07) is 1.79. The Kier molecular flexibility index (Phi) is 2.36. The predicted octanol–water partition coefficient (Wildman–Crippen LogP) is -0.591. The van der Waals surface area contributed by atoms with E-state index < -0.39 is 10.2 Å². The van der Waals surface area contributed by atoms with Gasteiger partial charge in [0.15, 0.2) is 0 Å². The van der Waals surface area contributed by atoms with Crippen LogP contribution >= 0.6 is 0 Å². The van der Waals surface area contributed by atoms with Crippen molar-refractivity contribution in [2.24, 2.45) is 0 Å². The molecule has 70 valence electrons.